The molecule has 2 heterocycles. The molecule has 23 heavy (non-hydrogen) atoms. The standard InChI is InChI=1S/C18H20BrN3O/c1-13-4-3-9-22(12-13)18(23)17-11-16(7-8-20-17)21-15-6-2-5-14(19)10-15/h2,5-8,10-11,13H,3-4,9,12H2,1H3,(H,20,21). The van der Waals surface area contributed by atoms with Gasteiger partial charge in [0, 0.05) is 35.1 Å². The lowest BCUT2D eigenvalue weighted by molar-refractivity contribution is 0.0677. The number of nitrogens with zero attached hydrogens (tertiary/aromatic N) is 2. The van der Waals surface area contributed by atoms with Crippen LogP contribution in [0.2, 0.25) is 0 Å². The molecule has 1 amide bonds. The van der Waals surface area contributed by atoms with Crippen LogP contribution in [0.1, 0.15) is 30.3 Å². The topological polar surface area (TPSA) is 45.2 Å². The van der Waals surface area contributed by atoms with E-state index in [1.807, 2.05) is 41.3 Å². The van der Waals surface area contributed by atoms with Gasteiger partial charge in [-0.25, -0.2) is 0 Å². The van der Waals surface area contributed by atoms with Crippen molar-refractivity contribution in [3.8, 4) is 0 Å². The number of halogens is 1. The molecular weight excluding hydrogens is 354 g/mol. The number of likely N-dealkylation sites (tertiary alicyclic amines) is 1. The van der Waals surface area contributed by atoms with Crippen LogP contribution < -0.4 is 5.32 Å². The van der Waals surface area contributed by atoms with Gasteiger partial charge in [0.15, 0.2) is 0 Å². The Hall–Kier alpha value is -1.88. The summed E-state index contributed by atoms with van der Waals surface area (Å²) in [6.45, 7) is 3.84. The van der Waals surface area contributed by atoms with Crippen LogP contribution >= 0.6 is 15.9 Å². The van der Waals surface area contributed by atoms with E-state index in [9.17, 15) is 4.79 Å². The molecule has 0 bridgehead atoms. The molecule has 4 nitrogen and oxygen atoms in total. The second kappa shape index (κ2) is 7.13. The molecule has 1 aliphatic rings. The maximum Gasteiger partial charge on any atom is 0.272 e. The van der Waals surface area contributed by atoms with Crippen molar-refractivity contribution in [2.45, 2.75) is 19.8 Å². The highest BCUT2D eigenvalue weighted by Crippen LogP contribution is 2.22. The minimum absolute atomic E-state index is 0.0226. The predicted octanol–water partition coefficient (Wildman–Crippen LogP) is 4.46. The minimum Gasteiger partial charge on any atom is -0.355 e. The highest BCUT2D eigenvalue weighted by atomic mass is 79.9. The quantitative estimate of drug-likeness (QED) is 0.863. The molecule has 0 radical (unpaired) electrons. The predicted molar refractivity (Wildman–Crippen MR) is 96.0 cm³/mol. The molecule has 5 heteroatoms. The van der Waals surface area contributed by atoms with Crippen molar-refractivity contribution < 1.29 is 4.79 Å². The van der Waals surface area contributed by atoms with Crippen LogP contribution in [-0.4, -0.2) is 28.9 Å². The largest absolute Gasteiger partial charge is 0.355 e. The number of amides is 1. The summed E-state index contributed by atoms with van der Waals surface area (Å²) in [7, 11) is 0. The molecule has 1 aromatic heterocycles. The van der Waals surface area contributed by atoms with Crippen molar-refractivity contribution in [1.82, 2.24) is 9.88 Å². The molecule has 1 aliphatic heterocycles. The van der Waals surface area contributed by atoms with Gasteiger partial charge in [-0.3, -0.25) is 9.78 Å². The highest BCUT2D eigenvalue weighted by Gasteiger charge is 2.22. The van der Waals surface area contributed by atoms with Gasteiger partial charge in [-0.15, -0.1) is 0 Å². The van der Waals surface area contributed by atoms with Gasteiger partial charge < -0.3 is 10.2 Å². The molecule has 1 aromatic carbocycles. The molecule has 120 valence electrons. The molecule has 0 spiro atoms. The Morgan fingerprint density at radius 3 is 2.91 bits per heavy atom. The molecule has 1 fully saturated rings. The first-order valence-corrected chi connectivity index (χ1v) is 8.69. The van der Waals surface area contributed by atoms with Crippen LogP contribution in [0.3, 0.4) is 0 Å². The van der Waals surface area contributed by atoms with Crippen molar-refractivity contribution in [3.63, 3.8) is 0 Å². The Bertz CT molecular complexity index is 704. The van der Waals surface area contributed by atoms with Gasteiger partial charge in [-0.05, 0) is 49.1 Å². The molecule has 1 unspecified atom stereocenters. The summed E-state index contributed by atoms with van der Waals surface area (Å²) in [5, 5.41) is 3.31. The van der Waals surface area contributed by atoms with Crippen molar-refractivity contribution in [3.05, 3.63) is 52.8 Å². The fourth-order valence-electron chi connectivity index (χ4n) is 2.89. The summed E-state index contributed by atoms with van der Waals surface area (Å²) in [4.78, 5) is 18.8. The number of benzene rings is 1. The van der Waals surface area contributed by atoms with E-state index in [0.29, 0.717) is 11.6 Å². The maximum atomic E-state index is 12.6. The van der Waals surface area contributed by atoms with E-state index in [1.54, 1.807) is 6.20 Å². The second-order valence-electron chi connectivity index (χ2n) is 6.06. The number of carbonyl (C=O) groups is 1. The third-order valence-corrected chi connectivity index (χ3v) is 4.53. The van der Waals surface area contributed by atoms with Crippen molar-refractivity contribution in [2.75, 3.05) is 18.4 Å². The van der Waals surface area contributed by atoms with E-state index >= 15 is 0 Å². The van der Waals surface area contributed by atoms with Gasteiger partial charge in [0.1, 0.15) is 5.69 Å². The Morgan fingerprint density at radius 2 is 2.13 bits per heavy atom. The van der Waals surface area contributed by atoms with E-state index in [1.165, 1.54) is 6.42 Å². The normalized spacial score (nSPS) is 17.8. The first kappa shape index (κ1) is 16.0. The summed E-state index contributed by atoms with van der Waals surface area (Å²) in [6.07, 6.45) is 3.95. The number of aromatic nitrogens is 1. The summed E-state index contributed by atoms with van der Waals surface area (Å²) in [6, 6.07) is 11.6. The molecule has 0 aliphatic carbocycles. The van der Waals surface area contributed by atoms with Gasteiger partial charge in [0.05, 0.1) is 0 Å². The number of hydrogen-bond acceptors (Lipinski definition) is 3. The second-order valence-corrected chi connectivity index (χ2v) is 6.98. The minimum atomic E-state index is 0.0226. The van der Waals surface area contributed by atoms with E-state index < -0.39 is 0 Å². The number of pyridine rings is 1. The number of anilines is 2. The average Bonchev–Trinajstić information content (AvgIpc) is 2.54. The molecule has 1 atom stereocenters. The van der Waals surface area contributed by atoms with Crippen LogP contribution in [0, 0.1) is 5.92 Å². The molecule has 1 saturated heterocycles. The van der Waals surface area contributed by atoms with E-state index in [0.717, 1.165) is 35.4 Å². The lowest BCUT2D eigenvalue weighted by Gasteiger charge is -2.30. The van der Waals surface area contributed by atoms with Crippen molar-refractivity contribution in [1.29, 1.82) is 0 Å². The summed E-state index contributed by atoms with van der Waals surface area (Å²) in [5.74, 6) is 0.588. The van der Waals surface area contributed by atoms with Gasteiger partial charge in [0.2, 0.25) is 0 Å². The van der Waals surface area contributed by atoms with Crippen LogP contribution in [0.4, 0.5) is 11.4 Å². The van der Waals surface area contributed by atoms with Gasteiger partial charge in [-0.2, -0.15) is 0 Å². The third kappa shape index (κ3) is 4.10. The number of piperidine rings is 1. The Labute approximate surface area is 145 Å². The number of hydrogen-bond donors (Lipinski definition) is 1. The van der Waals surface area contributed by atoms with Crippen LogP contribution in [0.25, 0.3) is 0 Å². The van der Waals surface area contributed by atoms with Gasteiger partial charge in [-0.1, -0.05) is 28.9 Å². The number of nitrogens with one attached hydrogen (secondary N) is 1. The van der Waals surface area contributed by atoms with Crippen molar-refractivity contribution in [2.24, 2.45) is 5.92 Å². The Morgan fingerprint density at radius 1 is 1.30 bits per heavy atom. The molecule has 1 N–H and O–H groups in total. The highest BCUT2D eigenvalue weighted by molar-refractivity contribution is 9.10. The average molecular weight is 374 g/mol. The van der Waals surface area contributed by atoms with Crippen LogP contribution in [-0.2, 0) is 0 Å². The van der Waals surface area contributed by atoms with Crippen molar-refractivity contribution >= 4 is 33.2 Å². The summed E-state index contributed by atoms with van der Waals surface area (Å²) in [5.41, 5.74) is 2.33. The monoisotopic (exact) mass is 373 g/mol. The lowest BCUT2D eigenvalue weighted by Crippen LogP contribution is -2.39. The Kier molecular flexibility index (Phi) is 4.96. The van der Waals surface area contributed by atoms with Crippen LogP contribution in [0.15, 0.2) is 47.1 Å². The zero-order chi connectivity index (χ0) is 16.2. The summed E-state index contributed by atoms with van der Waals surface area (Å²) < 4.78 is 1.01. The maximum absolute atomic E-state index is 12.6. The summed E-state index contributed by atoms with van der Waals surface area (Å²) >= 11 is 3.46. The zero-order valence-corrected chi connectivity index (χ0v) is 14.7. The Balaban J connectivity index is 1.75. The van der Waals surface area contributed by atoms with Gasteiger partial charge in [0.25, 0.3) is 5.91 Å². The third-order valence-electron chi connectivity index (χ3n) is 4.04. The molecule has 3 rings (SSSR count). The zero-order valence-electron chi connectivity index (χ0n) is 13.1. The smallest absolute Gasteiger partial charge is 0.272 e. The van der Waals surface area contributed by atoms with Gasteiger partial charge >= 0.3 is 0 Å². The molecule has 0 saturated carbocycles. The van der Waals surface area contributed by atoms with Crippen LogP contribution in [0.5, 0.6) is 0 Å². The number of carbonyl (C=O) groups excluding carboxylic acids is 1. The fraction of sp³-hybridized carbons (Fsp3) is 0.333. The first-order valence-electron chi connectivity index (χ1n) is 7.90. The SMILES string of the molecule is CC1CCCN(C(=O)c2cc(Nc3cccc(Br)c3)ccn2)C1. The van der Waals surface area contributed by atoms with E-state index in [2.05, 4.69) is 33.2 Å². The lowest BCUT2D eigenvalue weighted by atomic mass is 10.00. The molecular formula is C18H20BrN3O. The van der Waals surface area contributed by atoms with E-state index in [4.69, 9.17) is 0 Å². The first-order chi connectivity index (χ1) is 11.1. The van der Waals surface area contributed by atoms with E-state index in [-0.39, 0.29) is 5.91 Å². The number of rotatable bonds is 3. The fourth-order valence-corrected chi connectivity index (χ4v) is 3.29. The molecule has 2 aromatic rings.